The van der Waals surface area contributed by atoms with Crippen molar-refractivity contribution in [2.45, 2.75) is 6.42 Å². The lowest BCUT2D eigenvalue weighted by Gasteiger charge is -2.04. The summed E-state index contributed by atoms with van der Waals surface area (Å²) in [6.45, 7) is 0. The van der Waals surface area contributed by atoms with Gasteiger partial charge in [0.1, 0.15) is 11.3 Å². The fraction of sp³-hybridized carbons (Fsp3) is 0.0667. The molecule has 2 heterocycles. The van der Waals surface area contributed by atoms with Gasteiger partial charge < -0.3 is 14.3 Å². The number of benzene rings is 1. The molecule has 2 aromatic heterocycles. The molecule has 0 amide bonds. The third kappa shape index (κ3) is 2.95. The van der Waals surface area contributed by atoms with Crippen LogP contribution in [-0.2, 0) is 11.2 Å². The molecule has 0 aliphatic rings. The molecule has 0 fully saturated rings. The third-order valence-corrected chi connectivity index (χ3v) is 3.57. The lowest BCUT2D eigenvalue weighted by Crippen LogP contribution is -2.15. The van der Waals surface area contributed by atoms with Crippen LogP contribution >= 0.6 is 11.3 Å². The van der Waals surface area contributed by atoms with Crippen LogP contribution in [0.5, 0.6) is 11.5 Å². The summed E-state index contributed by atoms with van der Waals surface area (Å²) in [5.74, 6) is -0.694. The van der Waals surface area contributed by atoms with Crippen molar-refractivity contribution in [1.29, 1.82) is 0 Å². The van der Waals surface area contributed by atoms with Crippen LogP contribution in [0.15, 0.2) is 50.3 Å². The zero-order valence-electron chi connectivity index (χ0n) is 10.7. The first-order valence-corrected chi connectivity index (χ1v) is 7.05. The van der Waals surface area contributed by atoms with E-state index < -0.39 is 11.6 Å². The second-order valence-corrected chi connectivity index (χ2v) is 5.18. The molecular formula is C15H10O5S. The molecule has 0 spiro atoms. The van der Waals surface area contributed by atoms with E-state index in [2.05, 4.69) is 0 Å². The van der Waals surface area contributed by atoms with Gasteiger partial charge in [-0.3, -0.25) is 4.79 Å². The highest BCUT2D eigenvalue weighted by atomic mass is 32.1. The lowest BCUT2D eigenvalue weighted by atomic mass is 10.2. The van der Waals surface area contributed by atoms with Crippen LogP contribution < -0.4 is 10.4 Å². The monoisotopic (exact) mass is 302 g/mol. The second-order valence-electron chi connectivity index (χ2n) is 4.40. The van der Waals surface area contributed by atoms with E-state index in [1.54, 1.807) is 6.07 Å². The Labute approximate surface area is 123 Å². The standard InChI is InChI=1S/C15H10O5S/c16-11-2-1-10-6-13(15(18)20-12(10)7-11)19-14(17)5-9-3-4-21-8-9/h1-4,6-8,16H,5H2. The van der Waals surface area contributed by atoms with Crippen molar-refractivity contribution in [3.8, 4) is 11.5 Å². The number of esters is 1. The highest BCUT2D eigenvalue weighted by Gasteiger charge is 2.12. The molecule has 0 saturated carbocycles. The van der Waals surface area contributed by atoms with Crippen LogP contribution in [0.3, 0.4) is 0 Å². The van der Waals surface area contributed by atoms with Crippen LogP contribution in [0, 0.1) is 0 Å². The molecule has 0 aliphatic carbocycles. The molecule has 0 bridgehead atoms. The minimum absolute atomic E-state index is 0.00662. The topological polar surface area (TPSA) is 76.7 Å². The van der Waals surface area contributed by atoms with Crippen molar-refractivity contribution in [1.82, 2.24) is 0 Å². The highest BCUT2D eigenvalue weighted by molar-refractivity contribution is 7.07. The summed E-state index contributed by atoms with van der Waals surface area (Å²) < 4.78 is 10.1. The van der Waals surface area contributed by atoms with Gasteiger partial charge in [-0.1, -0.05) is 0 Å². The summed E-state index contributed by atoms with van der Waals surface area (Å²) in [6.07, 6.45) is 0.0938. The fourth-order valence-electron chi connectivity index (χ4n) is 1.87. The summed E-state index contributed by atoms with van der Waals surface area (Å²) in [6, 6.07) is 7.60. The number of hydrogen-bond donors (Lipinski definition) is 1. The van der Waals surface area contributed by atoms with Crippen molar-refractivity contribution < 1.29 is 19.1 Å². The number of aromatic hydroxyl groups is 1. The number of carbonyl (C=O) groups is 1. The van der Waals surface area contributed by atoms with Crippen molar-refractivity contribution in [2.24, 2.45) is 0 Å². The maximum absolute atomic E-state index is 11.8. The Morgan fingerprint density at radius 1 is 1.29 bits per heavy atom. The largest absolute Gasteiger partial charge is 0.508 e. The first-order valence-electron chi connectivity index (χ1n) is 6.10. The number of phenols is 1. The molecule has 1 aromatic carbocycles. The Morgan fingerprint density at radius 3 is 2.90 bits per heavy atom. The van der Waals surface area contributed by atoms with E-state index in [0.29, 0.717) is 5.39 Å². The number of rotatable bonds is 3. The van der Waals surface area contributed by atoms with Gasteiger partial charge in [0.2, 0.25) is 5.75 Å². The van der Waals surface area contributed by atoms with E-state index in [-0.39, 0.29) is 23.5 Å². The van der Waals surface area contributed by atoms with Crippen LogP contribution in [0.25, 0.3) is 11.0 Å². The number of ether oxygens (including phenoxy) is 1. The summed E-state index contributed by atoms with van der Waals surface area (Å²) in [7, 11) is 0. The minimum Gasteiger partial charge on any atom is -0.508 e. The zero-order valence-corrected chi connectivity index (χ0v) is 11.6. The van der Waals surface area contributed by atoms with Crippen molar-refractivity contribution in [3.63, 3.8) is 0 Å². The predicted octanol–water partition coefficient (Wildman–Crippen LogP) is 2.71. The van der Waals surface area contributed by atoms with E-state index in [1.807, 2.05) is 16.8 Å². The SMILES string of the molecule is O=C(Cc1ccsc1)Oc1cc2ccc(O)cc2oc1=O. The van der Waals surface area contributed by atoms with Crippen LogP contribution in [0.2, 0.25) is 0 Å². The Bertz CT molecular complexity index is 848. The second kappa shape index (κ2) is 5.41. The summed E-state index contributed by atoms with van der Waals surface area (Å²) in [5, 5.41) is 13.6. The zero-order chi connectivity index (χ0) is 14.8. The summed E-state index contributed by atoms with van der Waals surface area (Å²) >= 11 is 1.48. The first-order chi connectivity index (χ1) is 10.1. The average molecular weight is 302 g/mol. The maximum Gasteiger partial charge on any atom is 0.379 e. The normalized spacial score (nSPS) is 10.7. The van der Waals surface area contributed by atoms with Crippen LogP contribution in [0.1, 0.15) is 5.56 Å². The highest BCUT2D eigenvalue weighted by Crippen LogP contribution is 2.21. The maximum atomic E-state index is 11.8. The quantitative estimate of drug-likeness (QED) is 0.594. The minimum atomic E-state index is -0.758. The smallest absolute Gasteiger partial charge is 0.379 e. The molecular weight excluding hydrogens is 292 g/mol. The molecule has 0 atom stereocenters. The van der Waals surface area contributed by atoms with Gasteiger partial charge in [0.25, 0.3) is 0 Å². The summed E-state index contributed by atoms with van der Waals surface area (Å²) in [4.78, 5) is 23.5. The van der Waals surface area contributed by atoms with Crippen molar-refractivity contribution in [3.05, 3.63) is 57.1 Å². The lowest BCUT2D eigenvalue weighted by molar-refractivity contribution is -0.133. The molecule has 1 N–H and O–H groups in total. The molecule has 0 saturated heterocycles. The molecule has 0 radical (unpaired) electrons. The Hall–Kier alpha value is -2.60. The first kappa shape index (κ1) is 13.4. The molecule has 21 heavy (non-hydrogen) atoms. The molecule has 106 valence electrons. The average Bonchev–Trinajstić information content (AvgIpc) is 2.92. The number of carbonyl (C=O) groups excluding carboxylic acids is 1. The van der Waals surface area contributed by atoms with Crippen LogP contribution in [-0.4, -0.2) is 11.1 Å². The molecule has 3 rings (SSSR count). The molecule has 0 aliphatic heterocycles. The van der Waals surface area contributed by atoms with Gasteiger partial charge in [0.05, 0.1) is 6.42 Å². The molecule has 5 nitrogen and oxygen atoms in total. The third-order valence-electron chi connectivity index (χ3n) is 2.84. The van der Waals surface area contributed by atoms with Crippen molar-refractivity contribution >= 4 is 28.3 Å². The van der Waals surface area contributed by atoms with E-state index in [4.69, 9.17) is 9.15 Å². The number of thiophene rings is 1. The number of phenolic OH excluding ortho intramolecular Hbond substituents is 1. The Morgan fingerprint density at radius 2 is 2.14 bits per heavy atom. The molecule has 6 heteroatoms. The van der Waals surface area contributed by atoms with Gasteiger partial charge in [0.15, 0.2) is 0 Å². The van der Waals surface area contributed by atoms with Gasteiger partial charge in [-0.15, -0.1) is 0 Å². The number of fused-ring (bicyclic) bond motifs is 1. The van der Waals surface area contributed by atoms with E-state index in [0.717, 1.165) is 5.56 Å². The van der Waals surface area contributed by atoms with Gasteiger partial charge in [-0.05, 0) is 40.6 Å². The summed E-state index contributed by atoms with van der Waals surface area (Å²) in [5.41, 5.74) is 0.310. The molecule has 0 unspecified atom stereocenters. The Balaban J connectivity index is 1.86. The van der Waals surface area contributed by atoms with Gasteiger partial charge >= 0.3 is 11.6 Å². The van der Waals surface area contributed by atoms with Gasteiger partial charge in [-0.25, -0.2) is 4.79 Å². The number of hydrogen-bond acceptors (Lipinski definition) is 6. The van der Waals surface area contributed by atoms with E-state index in [9.17, 15) is 14.7 Å². The van der Waals surface area contributed by atoms with Crippen LogP contribution in [0.4, 0.5) is 0 Å². The Kier molecular flexibility index (Phi) is 3.45. The van der Waals surface area contributed by atoms with E-state index in [1.165, 1.54) is 29.5 Å². The van der Waals surface area contributed by atoms with Gasteiger partial charge in [0, 0.05) is 11.5 Å². The van der Waals surface area contributed by atoms with Gasteiger partial charge in [-0.2, -0.15) is 11.3 Å². The van der Waals surface area contributed by atoms with E-state index >= 15 is 0 Å². The van der Waals surface area contributed by atoms with Crippen molar-refractivity contribution in [2.75, 3.05) is 0 Å². The predicted molar refractivity (Wildman–Crippen MR) is 77.8 cm³/mol. The molecule has 3 aromatic rings. The fourth-order valence-corrected chi connectivity index (χ4v) is 2.54.